The van der Waals surface area contributed by atoms with E-state index >= 15 is 0 Å². The molecule has 0 aromatic carbocycles. The van der Waals surface area contributed by atoms with Crippen molar-refractivity contribution in [3.63, 3.8) is 0 Å². The van der Waals surface area contributed by atoms with Gasteiger partial charge in [-0.15, -0.1) is 11.3 Å². The highest BCUT2D eigenvalue weighted by atomic mass is 35.5. The van der Waals surface area contributed by atoms with E-state index in [-0.39, 0.29) is 5.91 Å². The van der Waals surface area contributed by atoms with Gasteiger partial charge in [0.05, 0.1) is 28.3 Å². The Morgan fingerprint density at radius 1 is 1.44 bits per heavy atom. The molecule has 0 radical (unpaired) electrons. The van der Waals surface area contributed by atoms with Crippen LogP contribution in [0.15, 0.2) is 30.6 Å². The number of rotatable bonds is 4. The summed E-state index contributed by atoms with van der Waals surface area (Å²) in [6.07, 6.45) is 3.22. The molecule has 0 atom stereocenters. The van der Waals surface area contributed by atoms with Gasteiger partial charge in [-0.1, -0.05) is 11.6 Å². The number of carbonyl (C=O) groups is 1. The molecule has 4 nitrogen and oxygen atoms in total. The highest BCUT2D eigenvalue weighted by Gasteiger charge is 2.10. The first-order valence-electron chi connectivity index (χ1n) is 5.35. The lowest BCUT2D eigenvalue weighted by Crippen LogP contribution is -2.23. The zero-order chi connectivity index (χ0) is 13.0. The molecule has 2 heterocycles. The second-order valence-corrected chi connectivity index (χ2v) is 5.36. The van der Waals surface area contributed by atoms with Crippen molar-refractivity contribution in [2.45, 2.75) is 6.54 Å². The van der Waals surface area contributed by atoms with E-state index in [0.717, 1.165) is 9.21 Å². The Hall–Kier alpha value is -1.59. The molecular formula is C12H12ClN3OS. The molecule has 2 aromatic rings. The van der Waals surface area contributed by atoms with Gasteiger partial charge in [0.2, 0.25) is 0 Å². The number of carbonyl (C=O) groups excluding carboxylic acids is 1. The second-order valence-electron chi connectivity index (χ2n) is 3.56. The average molecular weight is 282 g/mol. The van der Waals surface area contributed by atoms with E-state index in [9.17, 15) is 4.79 Å². The number of nitrogens with zero attached hydrogens (tertiary/aromatic N) is 1. The number of thiophene rings is 1. The Bertz CT molecular complexity index is 556. The molecule has 18 heavy (non-hydrogen) atoms. The van der Waals surface area contributed by atoms with Crippen molar-refractivity contribution in [2.24, 2.45) is 0 Å². The molecule has 0 aliphatic rings. The third-order valence-electron chi connectivity index (χ3n) is 2.39. The van der Waals surface area contributed by atoms with Crippen LogP contribution < -0.4 is 10.6 Å². The molecule has 0 spiro atoms. The minimum Gasteiger partial charge on any atom is -0.386 e. The highest BCUT2D eigenvalue weighted by molar-refractivity contribution is 7.16. The van der Waals surface area contributed by atoms with Crippen molar-refractivity contribution >= 4 is 34.5 Å². The molecule has 0 fully saturated rings. The van der Waals surface area contributed by atoms with Gasteiger partial charge in [0, 0.05) is 18.1 Å². The quantitative estimate of drug-likeness (QED) is 0.906. The molecule has 0 saturated carbocycles. The third-order valence-corrected chi connectivity index (χ3v) is 3.62. The first kappa shape index (κ1) is 12.9. The van der Waals surface area contributed by atoms with Crippen LogP contribution in [-0.4, -0.2) is 17.9 Å². The monoisotopic (exact) mass is 281 g/mol. The summed E-state index contributed by atoms with van der Waals surface area (Å²) >= 11 is 7.29. The van der Waals surface area contributed by atoms with Crippen LogP contribution in [0.25, 0.3) is 0 Å². The molecule has 0 aliphatic heterocycles. The van der Waals surface area contributed by atoms with Crippen molar-refractivity contribution in [3.05, 3.63) is 45.4 Å². The van der Waals surface area contributed by atoms with E-state index in [2.05, 4.69) is 15.6 Å². The normalized spacial score (nSPS) is 10.1. The maximum atomic E-state index is 12.0. The number of amides is 1. The lowest BCUT2D eigenvalue weighted by Gasteiger charge is -2.08. The van der Waals surface area contributed by atoms with Gasteiger partial charge in [0.25, 0.3) is 5.91 Å². The Morgan fingerprint density at radius 2 is 2.28 bits per heavy atom. The van der Waals surface area contributed by atoms with Crippen molar-refractivity contribution in [2.75, 3.05) is 12.4 Å². The topological polar surface area (TPSA) is 54.0 Å². The molecule has 6 heteroatoms. The summed E-state index contributed by atoms with van der Waals surface area (Å²) in [5.74, 6) is -0.133. The van der Waals surface area contributed by atoms with E-state index in [1.54, 1.807) is 25.5 Å². The minimum atomic E-state index is -0.133. The molecule has 2 rings (SSSR count). The van der Waals surface area contributed by atoms with E-state index in [1.807, 2.05) is 12.1 Å². The highest BCUT2D eigenvalue weighted by Crippen LogP contribution is 2.21. The predicted octanol–water partition coefficient (Wildman–Crippen LogP) is 2.77. The molecule has 0 unspecified atom stereocenters. The van der Waals surface area contributed by atoms with Crippen LogP contribution in [-0.2, 0) is 6.54 Å². The number of aromatic nitrogens is 1. The van der Waals surface area contributed by atoms with Gasteiger partial charge in [-0.25, -0.2) is 0 Å². The Labute approximate surface area is 114 Å². The molecule has 1 amide bonds. The van der Waals surface area contributed by atoms with Gasteiger partial charge in [-0.3, -0.25) is 9.78 Å². The maximum absolute atomic E-state index is 12.0. The standard InChI is InChI=1S/C12H12ClN3OS/c1-14-10-7-15-5-4-9(10)12(17)16-6-8-2-3-11(13)18-8/h2-5,7,14H,6H2,1H3,(H,16,17). The zero-order valence-corrected chi connectivity index (χ0v) is 11.3. The largest absolute Gasteiger partial charge is 0.386 e. The summed E-state index contributed by atoms with van der Waals surface area (Å²) < 4.78 is 0.721. The summed E-state index contributed by atoms with van der Waals surface area (Å²) in [4.78, 5) is 17.0. The second kappa shape index (κ2) is 5.84. The zero-order valence-electron chi connectivity index (χ0n) is 9.74. The Kier molecular flexibility index (Phi) is 4.17. The SMILES string of the molecule is CNc1cnccc1C(=O)NCc1ccc(Cl)s1. The van der Waals surface area contributed by atoms with Crippen LogP contribution in [0, 0.1) is 0 Å². The molecule has 0 saturated heterocycles. The number of hydrogen-bond donors (Lipinski definition) is 2. The van der Waals surface area contributed by atoms with E-state index < -0.39 is 0 Å². The molecular weight excluding hydrogens is 270 g/mol. The van der Waals surface area contributed by atoms with Crippen LogP contribution in [0.1, 0.15) is 15.2 Å². The Morgan fingerprint density at radius 3 is 2.94 bits per heavy atom. The van der Waals surface area contributed by atoms with Crippen LogP contribution in [0.4, 0.5) is 5.69 Å². The molecule has 2 aromatic heterocycles. The summed E-state index contributed by atoms with van der Waals surface area (Å²) in [6.45, 7) is 0.474. The van der Waals surface area contributed by atoms with Crippen LogP contribution in [0.3, 0.4) is 0 Å². The van der Waals surface area contributed by atoms with Gasteiger partial charge in [0.15, 0.2) is 0 Å². The lowest BCUT2D eigenvalue weighted by atomic mass is 10.2. The van der Waals surface area contributed by atoms with E-state index in [0.29, 0.717) is 17.8 Å². The van der Waals surface area contributed by atoms with Gasteiger partial charge < -0.3 is 10.6 Å². The van der Waals surface area contributed by atoms with Crippen LogP contribution in [0.2, 0.25) is 4.34 Å². The third kappa shape index (κ3) is 3.00. The number of nitrogens with one attached hydrogen (secondary N) is 2. The van der Waals surface area contributed by atoms with Crippen molar-refractivity contribution in [3.8, 4) is 0 Å². The summed E-state index contributed by atoms with van der Waals surface area (Å²) in [5, 5.41) is 5.79. The Balaban J connectivity index is 2.03. The predicted molar refractivity (Wildman–Crippen MR) is 74.3 cm³/mol. The van der Waals surface area contributed by atoms with Crippen molar-refractivity contribution < 1.29 is 4.79 Å². The first-order valence-corrected chi connectivity index (χ1v) is 6.54. The van der Waals surface area contributed by atoms with Crippen molar-refractivity contribution in [1.29, 1.82) is 0 Å². The fraction of sp³-hybridized carbons (Fsp3) is 0.167. The van der Waals surface area contributed by atoms with Crippen LogP contribution >= 0.6 is 22.9 Å². The average Bonchev–Trinajstić information content (AvgIpc) is 2.81. The van der Waals surface area contributed by atoms with Gasteiger partial charge in [0.1, 0.15) is 0 Å². The lowest BCUT2D eigenvalue weighted by molar-refractivity contribution is 0.0952. The van der Waals surface area contributed by atoms with Gasteiger partial charge >= 0.3 is 0 Å². The van der Waals surface area contributed by atoms with E-state index in [1.165, 1.54) is 11.3 Å². The smallest absolute Gasteiger partial charge is 0.253 e. The molecule has 2 N–H and O–H groups in total. The molecule has 0 aliphatic carbocycles. The summed E-state index contributed by atoms with van der Waals surface area (Å²) in [5.41, 5.74) is 1.29. The number of halogens is 1. The van der Waals surface area contributed by atoms with Crippen LogP contribution in [0.5, 0.6) is 0 Å². The maximum Gasteiger partial charge on any atom is 0.253 e. The van der Waals surface area contributed by atoms with Gasteiger partial charge in [-0.05, 0) is 18.2 Å². The summed E-state index contributed by atoms with van der Waals surface area (Å²) in [6, 6.07) is 5.40. The summed E-state index contributed by atoms with van der Waals surface area (Å²) in [7, 11) is 1.76. The first-order chi connectivity index (χ1) is 8.70. The van der Waals surface area contributed by atoms with E-state index in [4.69, 9.17) is 11.6 Å². The fourth-order valence-electron chi connectivity index (χ4n) is 1.50. The van der Waals surface area contributed by atoms with Crippen molar-refractivity contribution in [1.82, 2.24) is 10.3 Å². The minimum absolute atomic E-state index is 0.133. The number of pyridine rings is 1. The fourth-order valence-corrected chi connectivity index (χ4v) is 2.53. The molecule has 94 valence electrons. The van der Waals surface area contributed by atoms with Gasteiger partial charge in [-0.2, -0.15) is 0 Å². The number of anilines is 1. The molecule has 0 bridgehead atoms. The number of hydrogen-bond acceptors (Lipinski definition) is 4.